The summed E-state index contributed by atoms with van der Waals surface area (Å²) >= 11 is 1.53. The van der Waals surface area contributed by atoms with Crippen molar-refractivity contribution < 1.29 is 9.90 Å². The second-order valence-corrected chi connectivity index (χ2v) is 3.94. The Morgan fingerprint density at radius 3 is 3.07 bits per heavy atom. The first-order chi connectivity index (χ1) is 7.24. The third kappa shape index (κ3) is 4.42. The van der Waals surface area contributed by atoms with Gasteiger partial charge in [0.1, 0.15) is 0 Å². The van der Waals surface area contributed by atoms with Crippen molar-refractivity contribution >= 4 is 17.2 Å². The van der Waals surface area contributed by atoms with E-state index in [1.165, 1.54) is 11.3 Å². The third-order valence-electron chi connectivity index (χ3n) is 1.96. The number of hydrogen-bond donors (Lipinski definition) is 3. The van der Waals surface area contributed by atoms with E-state index in [-0.39, 0.29) is 12.5 Å². The summed E-state index contributed by atoms with van der Waals surface area (Å²) in [7, 11) is 0. The number of carbonyl (C=O) groups excluding carboxylic acids is 1. The van der Waals surface area contributed by atoms with Crippen LogP contribution < -0.4 is 10.6 Å². The molecule has 1 rings (SSSR count). The van der Waals surface area contributed by atoms with Crippen molar-refractivity contribution in [2.24, 2.45) is 0 Å². The molecule has 1 aromatic rings. The van der Waals surface area contributed by atoms with E-state index in [1.807, 2.05) is 23.8 Å². The van der Waals surface area contributed by atoms with Gasteiger partial charge in [-0.1, -0.05) is 6.92 Å². The Morgan fingerprint density at radius 1 is 1.67 bits per heavy atom. The number of hydrogen-bond acceptors (Lipinski definition) is 4. The van der Waals surface area contributed by atoms with Crippen LogP contribution in [0.3, 0.4) is 0 Å². The van der Waals surface area contributed by atoms with Crippen molar-refractivity contribution in [2.75, 3.05) is 19.6 Å². The first-order valence-electron chi connectivity index (χ1n) is 4.91. The van der Waals surface area contributed by atoms with E-state index in [9.17, 15) is 9.90 Å². The second-order valence-electron chi connectivity index (χ2n) is 3.16. The normalized spacial score (nSPS) is 12.4. The predicted molar refractivity (Wildman–Crippen MR) is 60.8 cm³/mol. The predicted octanol–water partition coefficient (Wildman–Crippen LogP) is 0.507. The summed E-state index contributed by atoms with van der Waals surface area (Å²) in [4.78, 5) is 11.2. The van der Waals surface area contributed by atoms with Crippen molar-refractivity contribution in [1.82, 2.24) is 10.6 Å². The number of carbonyl (C=O) groups is 1. The molecule has 3 N–H and O–H groups in total. The molecule has 0 saturated heterocycles. The van der Waals surface area contributed by atoms with Crippen molar-refractivity contribution in [2.45, 2.75) is 13.0 Å². The summed E-state index contributed by atoms with van der Waals surface area (Å²) in [6.45, 7) is 3.27. The average Bonchev–Trinajstić information content (AvgIpc) is 2.76. The third-order valence-corrected chi connectivity index (χ3v) is 2.66. The topological polar surface area (TPSA) is 61.4 Å². The zero-order valence-electron chi connectivity index (χ0n) is 8.69. The van der Waals surface area contributed by atoms with Crippen LogP contribution in [-0.4, -0.2) is 30.6 Å². The molecule has 0 bridgehead atoms. The standard InChI is InChI=1S/C10H16N2O2S/c1-2-11-6-10(14)12-5-9(13)8-3-4-15-7-8/h3-4,7,9,11,13H,2,5-6H2,1H3,(H,12,14). The highest BCUT2D eigenvalue weighted by Gasteiger charge is 2.08. The Bertz CT molecular complexity index is 288. The number of rotatable bonds is 6. The van der Waals surface area contributed by atoms with Crippen molar-refractivity contribution in [1.29, 1.82) is 0 Å². The lowest BCUT2D eigenvalue weighted by Crippen LogP contribution is -2.36. The molecule has 1 aromatic heterocycles. The minimum Gasteiger partial charge on any atom is -0.387 e. The molecule has 1 atom stereocenters. The number of thiophene rings is 1. The maximum Gasteiger partial charge on any atom is 0.234 e. The molecule has 0 spiro atoms. The van der Waals surface area contributed by atoms with E-state index in [1.54, 1.807) is 0 Å². The van der Waals surface area contributed by atoms with E-state index < -0.39 is 6.10 Å². The first-order valence-corrected chi connectivity index (χ1v) is 5.86. The second kappa shape index (κ2) is 6.55. The molecular weight excluding hydrogens is 212 g/mol. The fourth-order valence-electron chi connectivity index (χ4n) is 1.09. The van der Waals surface area contributed by atoms with E-state index in [0.717, 1.165) is 12.1 Å². The summed E-state index contributed by atoms with van der Waals surface area (Å²) in [5.74, 6) is -0.0915. The lowest BCUT2D eigenvalue weighted by atomic mass is 10.2. The molecule has 0 aliphatic carbocycles. The van der Waals surface area contributed by atoms with Gasteiger partial charge in [0.15, 0.2) is 0 Å². The van der Waals surface area contributed by atoms with Crippen molar-refractivity contribution in [3.05, 3.63) is 22.4 Å². The van der Waals surface area contributed by atoms with Gasteiger partial charge in [-0.2, -0.15) is 11.3 Å². The fraction of sp³-hybridized carbons (Fsp3) is 0.500. The summed E-state index contributed by atoms with van der Waals surface area (Å²) < 4.78 is 0. The summed E-state index contributed by atoms with van der Waals surface area (Å²) in [5, 5.41) is 19.0. The van der Waals surface area contributed by atoms with Gasteiger partial charge >= 0.3 is 0 Å². The van der Waals surface area contributed by atoms with Gasteiger partial charge in [-0.05, 0) is 28.9 Å². The van der Waals surface area contributed by atoms with Gasteiger partial charge in [-0.15, -0.1) is 0 Å². The van der Waals surface area contributed by atoms with E-state index in [0.29, 0.717) is 6.54 Å². The highest BCUT2D eigenvalue weighted by Crippen LogP contribution is 2.14. The summed E-state index contributed by atoms with van der Waals surface area (Å²) in [6, 6.07) is 1.85. The first kappa shape index (κ1) is 12.2. The fourth-order valence-corrected chi connectivity index (χ4v) is 1.80. The van der Waals surface area contributed by atoms with Gasteiger partial charge in [-0.25, -0.2) is 0 Å². The molecule has 5 heteroatoms. The van der Waals surface area contributed by atoms with Crippen LogP contribution >= 0.6 is 11.3 Å². The molecule has 0 aromatic carbocycles. The summed E-state index contributed by atoms with van der Waals surface area (Å²) in [5.41, 5.74) is 0.851. The van der Waals surface area contributed by atoms with E-state index in [2.05, 4.69) is 10.6 Å². The van der Waals surface area contributed by atoms with Gasteiger partial charge in [0.05, 0.1) is 12.6 Å². The SMILES string of the molecule is CCNCC(=O)NCC(O)c1ccsc1. The number of amides is 1. The van der Waals surface area contributed by atoms with Crippen LogP contribution in [0.4, 0.5) is 0 Å². The molecule has 15 heavy (non-hydrogen) atoms. The van der Waals surface area contributed by atoms with Crippen LogP contribution in [0.25, 0.3) is 0 Å². The van der Waals surface area contributed by atoms with Gasteiger partial charge in [0.2, 0.25) is 5.91 Å². The zero-order chi connectivity index (χ0) is 11.1. The molecule has 0 aliphatic rings. The molecule has 84 valence electrons. The highest BCUT2D eigenvalue weighted by molar-refractivity contribution is 7.07. The molecule has 1 unspecified atom stereocenters. The smallest absolute Gasteiger partial charge is 0.234 e. The minimum absolute atomic E-state index is 0.0915. The number of likely N-dealkylation sites (N-methyl/N-ethyl adjacent to an activating group) is 1. The lowest BCUT2D eigenvalue weighted by Gasteiger charge is -2.10. The van der Waals surface area contributed by atoms with Gasteiger partial charge < -0.3 is 15.7 Å². The molecule has 1 amide bonds. The van der Waals surface area contributed by atoms with Gasteiger partial charge in [-0.3, -0.25) is 4.79 Å². The van der Waals surface area contributed by atoms with Gasteiger partial charge in [0.25, 0.3) is 0 Å². The number of nitrogens with one attached hydrogen (secondary N) is 2. The zero-order valence-corrected chi connectivity index (χ0v) is 9.51. The Morgan fingerprint density at radius 2 is 2.47 bits per heavy atom. The molecule has 0 fully saturated rings. The number of aliphatic hydroxyl groups excluding tert-OH is 1. The Labute approximate surface area is 93.3 Å². The van der Waals surface area contributed by atoms with Crippen LogP contribution in [-0.2, 0) is 4.79 Å². The average molecular weight is 228 g/mol. The van der Waals surface area contributed by atoms with Crippen LogP contribution in [0.1, 0.15) is 18.6 Å². The van der Waals surface area contributed by atoms with Crippen LogP contribution in [0.15, 0.2) is 16.8 Å². The Hall–Kier alpha value is -0.910. The highest BCUT2D eigenvalue weighted by atomic mass is 32.1. The maximum absolute atomic E-state index is 11.2. The quantitative estimate of drug-likeness (QED) is 0.665. The molecule has 0 aliphatic heterocycles. The van der Waals surface area contributed by atoms with Crippen molar-refractivity contribution in [3.63, 3.8) is 0 Å². The van der Waals surface area contributed by atoms with E-state index in [4.69, 9.17) is 0 Å². The molecule has 4 nitrogen and oxygen atoms in total. The maximum atomic E-state index is 11.2. The minimum atomic E-state index is -0.609. The Balaban J connectivity index is 2.22. The Kier molecular flexibility index (Phi) is 5.31. The van der Waals surface area contributed by atoms with Crippen LogP contribution in [0.5, 0.6) is 0 Å². The van der Waals surface area contributed by atoms with Gasteiger partial charge in [0, 0.05) is 6.54 Å². The molecule has 0 saturated carbocycles. The monoisotopic (exact) mass is 228 g/mol. The van der Waals surface area contributed by atoms with E-state index >= 15 is 0 Å². The number of aliphatic hydroxyl groups is 1. The molecule has 1 heterocycles. The molecule has 0 radical (unpaired) electrons. The summed E-state index contributed by atoms with van der Waals surface area (Å²) in [6.07, 6.45) is -0.609. The largest absolute Gasteiger partial charge is 0.387 e. The molecular formula is C10H16N2O2S. The van der Waals surface area contributed by atoms with Crippen molar-refractivity contribution in [3.8, 4) is 0 Å². The lowest BCUT2D eigenvalue weighted by molar-refractivity contribution is -0.120. The van der Waals surface area contributed by atoms with Crippen LogP contribution in [0, 0.1) is 0 Å². The van der Waals surface area contributed by atoms with Crippen LogP contribution in [0.2, 0.25) is 0 Å².